The topological polar surface area (TPSA) is 68.0 Å². The van der Waals surface area contributed by atoms with E-state index >= 15 is 0 Å². The van der Waals surface area contributed by atoms with Crippen LogP contribution in [0.5, 0.6) is 0 Å². The molecule has 0 aliphatic heterocycles. The number of hydrogen-bond donors (Lipinski definition) is 1. The van der Waals surface area contributed by atoms with E-state index in [0.29, 0.717) is 0 Å². The van der Waals surface area contributed by atoms with Gasteiger partial charge in [-0.2, -0.15) is 9.78 Å². The van der Waals surface area contributed by atoms with E-state index in [4.69, 9.17) is 5.11 Å². The average Bonchev–Trinajstić information content (AvgIpc) is 2.58. The number of alkyl halides is 3. The maximum absolute atomic E-state index is 12.4. The van der Waals surface area contributed by atoms with Crippen LogP contribution >= 0.6 is 0 Å². The van der Waals surface area contributed by atoms with E-state index in [0.717, 1.165) is 18.5 Å². The molecule has 2 aromatic heterocycles. The Morgan fingerprint density at radius 3 is 2.53 bits per heavy atom. The summed E-state index contributed by atoms with van der Waals surface area (Å²) >= 11 is 0. The zero-order chi connectivity index (χ0) is 11.9. The quantitative estimate of drug-likeness (QED) is 0.770. The summed E-state index contributed by atoms with van der Waals surface area (Å²) in [6, 6.07) is 0.832. The summed E-state index contributed by atoms with van der Waals surface area (Å²) in [4.78, 5) is 14.0. The van der Waals surface area contributed by atoms with Crippen LogP contribution in [0.3, 0.4) is 0 Å². The molecular weight excluding hydrogens is 250 g/mol. The Kier molecular flexibility index (Phi) is 3.80. The van der Waals surface area contributed by atoms with Crippen molar-refractivity contribution in [1.82, 2.24) is 14.8 Å². The predicted molar refractivity (Wildman–Crippen MR) is 52.9 cm³/mol. The first-order valence-electron chi connectivity index (χ1n) is 4.04. The molecule has 2 aromatic rings. The predicted octanol–water partition coefficient (Wildman–Crippen LogP) is 0.957. The van der Waals surface area contributed by atoms with Gasteiger partial charge in [-0.3, -0.25) is 0 Å². The summed E-state index contributed by atoms with van der Waals surface area (Å²) in [5.41, 5.74) is -0.793. The van der Waals surface area contributed by atoms with Gasteiger partial charge in [0.05, 0.1) is 11.7 Å². The molecule has 2 heterocycles. The first-order valence-corrected chi connectivity index (χ1v) is 4.04. The number of fused-ring (bicyclic) bond motifs is 1. The van der Waals surface area contributed by atoms with E-state index in [2.05, 4.69) is 10.1 Å². The van der Waals surface area contributed by atoms with Crippen LogP contribution in [-0.2, 0) is 6.30 Å². The third kappa shape index (κ3) is 2.59. The van der Waals surface area contributed by atoms with Gasteiger partial charge < -0.3 is 5.11 Å². The van der Waals surface area contributed by atoms with Crippen molar-refractivity contribution in [3.63, 3.8) is 0 Å². The molecular formula is C8H5F3N3NaO2. The van der Waals surface area contributed by atoms with Crippen LogP contribution in [0.25, 0.3) is 10.9 Å². The standard InChI is InChI=1S/C8H4F3N3O2.Na.H/c9-8(10,11)14-6-1-5(7(15)16)12-2-4(6)3-13-14;;/h1-3H,(H,15,16);;. The van der Waals surface area contributed by atoms with E-state index in [9.17, 15) is 18.0 Å². The Morgan fingerprint density at radius 2 is 2.00 bits per heavy atom. The van der Waals surface area contributed by atoms with Crippen LogP contribution in [0.2, 0.25) is 0 Å². The molecule has 86 valence electrons. The van der Waals surface area contributed by atoms with E-state index in [-0.39, 0.29) is 45.1 Å². The second kappa shape index (κ2) is 4.63. The summed E-state index contributed by atoms with van der Waals surface area (Å²) in [5.74, 6) is -1.39. The molecule has 0 radical (unpaired) electrons. The average molecular weight is 255 g/mol. The van der Waals surface area contributed by atoms with Crippen molar-refractivity contribution in [2.75, 3.05) is 0 Å². The monoisotopic (exact) mass is 255 g/mol. The number of pyridine rings is 1. The molecule has 0 unspecified atom stereocenters. The molecule has 1 N–H and O–H groups in total. The molecule has 0 saturated heterocycles. The molecule has 2 rings (SSSR count). The summed E-state index contributed by atoms with van der Waals surface area (Å²) in [7, 11) is 0. The van der Waals surface area contributed by atoms with Gasteiger partial charge in [-0.05, 0) is 6.07 Å². The molecule has 17 heavy (non-hydrogen) atoms. The number of aromatic nitrogens is 3. The van der Waals surface area contributed by atoms with E-state index in [1.165, 1.54) is 0 Å². The minimum atomic E-state index is -4.68. The molecule has 0 spiro atoms. The Bertz CT molecular complexity index is 567. The van der Waals surface area contributed by atoms with Gasteiger partial charge in [0.2, 0.25) is 0 Å². The van der Waals surface area contributed by atoms with E-state index in [1.54, 1.807) is 0 Å². The maximum atomic E-state index is 12.4. The van der Waals surface area contributed by atoms with Crippen LogP contribution in [0.15, 0.2) is 18.5 Å². The second-order valence-electron chi connectivity index (χ2n) is 2.96. The molecule has 0 bridgehead atoms. The third-order valence-corrected chi connectivity index (χ3v) is 1.91. The molecule has 0 atom stereocenters. The van der Waals surface area contributed by atoms with Crippen LogP contribution in [0.1, 0.15) is 10.5 Å². The fourth-order valence-electron chi connectivity index (χ4n) is 1.24. The summed E-state index contributed by atoms with van der Waals surface area (Å²) in [6.07, 6.45) is -2.67. The number of aromatic carboxylic acids is 1. The number of carboxylic acid groups (broad SMARTS) is 1. The fraction of sp³-hybridized carbons (Fsp3) is 0.125. The van der Waals surface area contributed by atoms with Gasteiger partial charge in [-0.15, -0.1) is 13.2 Å². The summed E-state index contributed by atoms with van der Waals surface area (Å²) in [5, 5.41) is 11.9. The molecule has 0 aliphatic carbocycles. The second-order valence-corrected chi connectivity index (χ2v) is 2.96. The number of rotatable bonds is 1. The van der Waals surface area contributed by atoms with E-state index < -0.39 is 18.0 Å². The molecule has 0 aromatic carbocycles. The molecule has 0 amide bonds. The minimum absolute atomic E-state index is 0. The van der Waals surface area contributed by atoms with Gasteiger partial charge in [0.1, 0.15) is 5.69 Å². The Labute approximate surface area is 115 Å². The van der Waals surface area contributed by atoms with E-state index in [1.807, 2.05) is 0 Å². The van der Waals surface area contributed by atoms with Crippen LogP contribution < -0.4 is 0 Å². The molecule has 0 saturated carbocycles. The van der Waals surface area contributed by atoms with Crippen molar-refractivity contribution in [3.8, 4) is 0 Å². The fourth-order valence-corrected chi connectivity index (χ4v) is 1.24. The molecule has 5 nitrogen and oxygen atoms in total. The SMILES string of the molecule is O=C(O)c1cc2c(cn1)cnn2C(F)(F)F.[NaH]. The zero-order valence-corrected chi connectivity index (χ0v) is 7.56. The van der Waals surface area contributed by atoms with Crippen molar-refractivity contribution >= 4 is 46.4 Å². The van der Waals surface area contributed by atoms with Gasteiger partial charge in [0.25, 0.3) is 0 Å². The third-order valence-electron chi connectivity index (χ3n) is 1.91. The van der Waals surface area contributed by atoms with Gasteiger partial charge in [-0.25, -0.2) is 9.78 Å². The first kappa shape index (κ1) is 13.9. The van der Waals surface area contributed by atoms with Crippen LogP contribution in [-0.4, -0.2) is 55.4 Å². The molecule has 0 aliphatic rings. The van der Waals surface area contributed by atoms with Gasteiger partial charge in [-0.1, -0.05) is 0 Å². The number of nitrogens with zero attached hydrogens (tertiary/aromatic N) is 3. The van der Waals surface area contributed by atoms with Crippen molar-refractivity contribution in [3.05, 3.63) is 24.2 Å². The first-order chi connectivity index (χ1) is 7.39. The number of carboxylic acids is 1. The number of halogens is 3. The van der Waals surface area contributed by atoms with Crippen molar-refractivity contribution in [2.24, 2.45) is 0 Å². The van der Waals surface area contributed by atoms with Crippen molar-refractivity contribution in [2.45, 2.75) is 6.30 Å². The van der Waals surface area contributed by atoms with Gasteiger partial charge >= 0.3 is 41.8 Å². The molecule has 9 heteroatoms. The Morgan fingerprint density at radius 1 is 1.35 bits per heavy atom. The molecule has 0 fully saturated rings. The Balaban J connectivity index is 0.00000144. The summed E-state index contributed by atoms with van der Waals surface area (Å²) < 4.78 is 37.1. The number of carbonyl (C=O) groups is 1. The van der Waals surface area contributed by atoms with Crippen molar-refractivity contribution < 1.29 is 23.1 Å². The van der Waals surface area contributed by atoms with Gasteiger partial charge in [0, 0.05) is 11.6 Å². The van der Waals surface area contributed by atoms with Crippen molar-refractivity contribution in [1.29, 1.82) is 0 Å². The normalized spacial score (nSPS) is 11.2. The zero-order valence-electron chi connectivity index (χ0n) is 7.56. The summed E-state index contributed by atoms with van der Waals surface area (Å²) in [6.45, 7) is 0. The van der Waals surface area contributed by atoms with Crippen LogP contribution in [0.4, 0.5) is 13.2 Å². The number of hydrogen-bond acceptors (Lipinski definition) is 3. The van der Waals surface area contributed by atoms with Gasteiger partial charge in [0.15, 0.2) is 0 Å². The Hall–Kier alpha value is -1.12. The van der Waals surface area contributed by atoms with Crippen LogP contribution in [0, 0.1) is 0 Å².